The van der Waals surface area contributed by atoms with Crippen molar-refractivity contribution < 1.29 is 24.2 Å². The van der Waals surface area contributed by atoms with Crippen LogP contribution in [-0.4, -0.2) is 29.4 Å². The molecule has 1 rings (SSSR count). The van der Waals surface area contributed by atoms with E-state index in [-0.39, 0.29) is 29.9 Å². The molecular weight excluding hydrogens is 224 g/mol. The van der Waals surface area contributed by atoms with Crippen LogP contribution in [0, 0.1) is 0 Å². The maximum atomic E-state index is 11.6. The molecule has 1 N–H and O–H groups in total. The van der Waals surface area contributed by atoms with E-state index >= 15 is 0 Å². The lowest BCUT2D eigenvalue weighted by molar-refractivity contribution is -0.117. The van der Waals surface area contributed by atoms with Gasteiger partial charge in [-0.05, 0) is 19.1 Å². The number of Topliss-reactive ketones (excluding diaryl/α,β-unsaturated/α-hetero) is 1. The highest BCUT2D eigenvalue weighted by Gasteiger charge is 2.16. The Balaban J connectivity index is 2.75. The summed E-state index contributed by atoms with van der Waals surface area (Å²) in [4.78, 5) is 33.1. The molecule has 0 saturated carbocycles. The molecule has 0 aliphatic rings. The maximum Gasteiger partial charge on any atom is 0.339 e. The SMILES string of the molecule is CC(=O)CCOC(=O)c1ccccc1C(=O)O. The number of ketones is 1. The third kappa shape index (κ3) is 3.71. The Labute approximate surface area is 98.0 Å². The summed E-state index contributed by atoms with van der Waals surface area (Å²) >= 11 is 0. The van der Waals surface area contributed by atoms with Crippen LogP contribution in [0.1, 0.15) is 34.1 Å². The molecule has 0 unspecified atom stereocenters. The molecule has 1 aromatic rings. The Morgan fingerprint density at radius 1 is 1.18 bits per heavy atom. The van der Waals surface area contributed by atoms with E-state index in [1.54, 1.807) is 6.07 Å². The smallest absolute Gasteiger partial charge is 0.339 e. The fourth-order valence-electron chi connectivity index (χ4n) is 1.21. The topological polar surface area (TPSA) is 80.7 Å². The molecule has 0 radical (unpaired) electrons. The molecule has 0 aromatic heterocycles. The van der Waals surface area contributed by atoms with Crippen molar-refractivity contribution in [2.75, 3.05) is 6.61 Å². The molecule has 0 aliphatic heterocycles. The van der Waals surface area contributed by atoms with Gasteiger partial charge in [0.15, 0.2) is 0 Å². The molecule has 5 heteroatoms. The Kier molecular flexibility index (Phi) is 4.39. The van der Waals surface area contributed by atoms with Gasteiger partial charge in [0.1, 0.15) is 5.78 Å². The predicted octanol–water partition coefficient (Wildman–Crippen LogP) is 1.52. The van der Waals surface area contributed by atoms with Gasteiger partial charge in [-0.25, -0.2) is 9.59 Å². The van der Waals surface area contributed by atoms with E-state index in [4.69, 9.17) is 9.84 Å². The highest BCUT2D eigenvalue weighted by atomic mass is 16.5. The first kappa shape index (κ1) is 12.9. The van der Waals surface area contributed by atoms with Crippen LogP contribution in [0.5, 0.6) is 0 Å². The fourth-order valence-corrected chi connectivity index (χ4v) is 1.21. The Morgan fingerprint density at radius 3 is 2.29 bits per heavy atom. The van der Waals surface area contributed by atoms with Crippen molar-refractivity contribution in [1.29, 1.82) is 0 Å². The second-order valence-electron chi connectivity index (χ2n) is 3.44. The molecule has 0 saturated heterocycles. The molecule has 0 fully saturated rings. The molecule has 17 heavy (non-hydrogen) atoms. The van der Waals surface area contributed by atoms with Crippen LogP contribution in [0.2, 0.25) is 0 Å². The molecule has 90 valence electrons. The molecule has 1 aromatic carbocycles. The van der Waals surface area contributed by atoms with E-state index in [1.165, 1.54) is 25.1 Å². The number of rotatable bonds is 5. The van der Waals surface area contributed by atoms with Gasteiger partial charge >= 0.3 is 11.9 Å². The normalized spacial score (nSPS) is 9.71. The fraction of sp³-hybridized carbons (Fsp3) is 0.250. The minimum absolute atomic E-state index is 0.0106. The molecule has 0 atom stereocenters. The van der Waals surface area contributed by atoms with Gasteiger partial charge in [0, 0.05) is 6.42 Å². The average Bonchev–Trinajstić information content (AvgIpc) is 2.28. The summed E-state index contributed by atoms with van der Waals surface area (Å²) < 4.78 is 4.81. The van der Waals surface area contributed by atoms with Crippen molar-refractivity contribution in [2.45, 2.75) is 13.3 Å². The zero-order valence-corrected chi connectivity index (χ0v) is 9.30. The van der Waals surface area contributed by atoms with Crippen molar-refractivity contribution in [3.8, 4) is 0 Å². The summed E-state index contributed by atoms with van der Waals surface area (Å²) in [6.07, 6.45) is 0.126. The van der Waals surface area contributed by atoms with Gasteiger partial charge in [0.2, 0.25) is 0 Å². The van der Waals surface area contributed by atoms with Gasteiger partial charge in [0.05, 0.1) is 17.7 Å². The van der Waals surface area contributed by atoms with Crippen molar-refractivity contribution in [3.63, 3.8) is 0 Å². The summed E-state index contributed by atoms with van der Waals surface area (Å²) in [6, 6.07) is 5.77. The first-order chi connectivity index (χ1) is 8.02. The third-order valence-corrected chi connectivity index (χ3v) is 2.06. The number of carboxylic acid groups (broad SMARTS) is 1. The summed E-state index contributed by atoms with van der Waals surface area (Å²) in [5.74, 6) is -2.02. The zero-order chi connectivity index (χ0) is 12.8. The number of aromatic carboxylic acids is 1. The first-order valence-corrected chi connectivity index (χ1v) is 5.01. The molecule has 5 nitrogen and oxygen atoms in total. The van der Waals surface area contributed by atoms with E-state index in [9.17, 15) is 14.4 Å². The number of esters is 1. The van der Waals surface area contributed by atoms with Crippen LogP contribution in [0.15, 0.2) is 24.3 Å². The van der Waals surface area contributed by atoms with Gasteiger partial charge in [0.25, 0.3) is 0 Å². The third-order valence-electron chi connectivity index (χ3n) is 2.06. The minimum Gasteiger partial charge on any atom is -0.478 e. The number of hydrogen-bond acceptors (Lipinski definition) is 4. The second-order valence-corrected chi connectivity index (χ2v) is 3.44. The molecule has 0 aliphatic carbocycles. The standard InChI is InChI=1S/C12H12O5/c1-8(13)6-7-17-12(16)10-5-3-2-4-9(10)11(14)15/h2-5H,6-7H2,1H3,(H,14,15). The van der Waals surface area contributed by atoms with Gasteiger partial charge in [-0.3, -0.25) is 4.79 Å². The molecule has 0 spiro atoms. The second kappa shape index (κ2) is 5.79. The van der Waals surface area contributed by atoms with Crippen LogP contribution < -0.4 is 0 Å². The molecular formula is C12H12O5. The monoisotopic (exact) mass is 236 g/mol. The van der Waals surface area contributed by atoms with Gasteiger partial charge in [-0.1, -0.05) is 12.1 Å². The molecule has 0 bridgehead atoms. The number of carbonyl (C=O) groups excluding carboxylic acids is 2. The minimum atomic E-state index is -1.19. The summed E-state index contributed by atoms with van der Waals surface area (Å²) in [5, 5.41) is 8.87. The van der Waals surface area contributed by atoms with Crippen molar-refractivity contribution >= 4 is 17.7 Å². The highest BCUT2D eigenvalue weighted by molar-refractivity contribution is 6.02. The van der Waals surface area contributed by atoms with E-state index in [1.807, 2.05) is 0 Å². The highest BCUT2D eigenvalue weighted by Crippen LogP contribution is 2.10. The van der Waals surface area contributed by atoms with Crippen molar-refractivity contribution in [3.05, 3.63) is 35.4 Å². The number of hydrogen-bond donors (Lipinski definition) is 1. The largest absolute Gasteiger partial charge is 0.478 e. The molecule has 0 amide bonds. The predicted molar refractivity (Wildman–Crippen MR) is 59.0 cm³/mol. The van der Waals surface area contributed by atoms with Crippen LogP contribution in [0.3, 0.4) is 0 Å². The summed E-state index contributed by atoms with van der Waals surface area (Å²) in [6.45, 7) is 1.35. The summed E-state index contributed by atoms with van der Waals surface area (Å²) in [5.41, 5.74) is -0.121. The maximum absolute atomic E-state index is 11.6. The quantitative estimate of drug-likeness (QED) is 0.784. The van der Waals surface area contributed by atoms with Gasteiger partial charge in [-0.15, -0.1) is 0 Å². The Bertz CT molecular complexity index is 450. The molecule has 0 heterocycles. The van der Waals surface area contributed by atoms with E-state index in [2.05, 4.69) is 0 Å². The van der Waals surface area contributed by atoms with Crippen LogP contribution >= 0.6 is 0 Å². The number of carboxylic acids is 1. The van der Waals surface area contributed by atoms with Gasteiger partial charge < -0.3 is 9.84 Å². The lowest BCUT2D eigenvalue weighted by atomic mass is 10.1. The average molecular weight is 236 g/mol. The summed E-state index contributed by atoms with van der Waals surface area (Å²) in [7, 11) is 0. The lowest BCUT2D eigenvalue weighted by Gasteiger charge is -2.05. The van der Waals surface area contributed by atoms with Gasteiger partial charge in [-0.2, -0.15) is 0 Å². The Morgan fingerprint density at radius 2 is 1.76 bits per heavy atom. The number of benzene rings is 1. The zero-order valence-electron chi connectivity index (χ0n) is 9.30. The number of ether oxygens (including phenoxy) is 1. The first-order valence-electron chi connectivity index (χ1n) is 5.01. The van der Waals surface area contributed by atoms with Crippen molar-refractivity contribution in [2.24, 2.45) is 0 Å². The van der Waals surface area contributed by atoms with E-state index < -0.39 is 11.9 Å². The van der Waals surface area contributed by atoms with E-state index in [0.717, 1.165) is 0 Å². The van der Waals surface area contributed by atoms with Crippen LogP contribution in [0.4, 0.5) is 0 Å². The Hall–Kier alpha value is -2.17. The van der Waals surface area contributed by atoms with Crippen LogP contribution in [-0.2, 0) is 9.53 Å². The van der Waals surface area contributed by atoms with Crippen molar-refractivity contribution in [1.82, 2.24) is 0 Å². The lowest BCUT2D eigenvalue weighted by Crippen LogP contribution is -2.13. The number of carbonyl (C=O) groups is 3. The van der Waals surface area contributed by atoms with Crippen LogP contribution in [0.25, 0.3) is 0 Å². The van der Waals surface area contributed by atoms with E-state index in [0.29, 0.717) is 0 Å².